The van der Waals surface area contributed by atoms with E-state index in [0.29, 0.717) is 16.3 Å². The van der Waals surface area contributed by atoms with Gasteiger partial charge in [-0.1, -0.05) is 11.6 Å². The number of anilines is 2. The molecule has 1 atom stereocenters. The fraction of sp³-hybridized carbons (Fsp3) is 0.538. The molecule has 2 rings (SSSR count). The molecule has 1 aromatic rings. The number of hydrazine groups is 1. The predicted octanol–water partition coefficient (Wildman–Crippen LogP) is 0.531. The molecule has 1 unspecified atom stereocenters. The maximum absolute atomic E-state index is 6.25. The molecule has 1 aromatic carbocycles. The summed E-state index contributed by atoms with van der Waals surface area (Å²) in [4.78, 5) is 2.23. The highest BCUT2D eigenvalue weighted by Crippen LogP contribution is 2.34. The molecule has 0 saturated carbocycles. The summed E-state index contributed by atoms with van der Waals surface area (Å²) in [6.45, 7) is 6.94. The van der Waals surface area contributed by atoms with Crippen LogP contribution in [0.15, 0.2) is 12.1 Å². The summed E-state index contributed by atoms with van der Waals surface area (Å²) in [6, 6.07) is 3.63. The Morgan fingerprint density at radius 1 is 1.45 bits per heavy atom. The van der Waals surface area contributed by atoms with Crippen molar-refractivity contribution in [2.24, 2.45) is 11.6 Å². The number of nitrogen functional groups attached to an aromatic ring is 1. The van der Waals surface area contributed by atoms with Gasteiger partial charge < -0.3 is 21.7 Å². The Bertz CT molecular complexity index is 490. The van der Waals surface area contributed by atoms with E-state index < -0.39 is 6.17 Å². The smallest absolute Gasteiger partial charge is 0.0957 e. The number of rotatable bonds is 3. The lowest BCUT2D eigenvalue weighted by molar-refractivity contribution is 0.353. The first-order valence-electron chi connectivity index (χ1n) is 6.64. The Kier molecular flexibility index (Phi) is 4.41. The monoisotopic (exact) mass is 298 g/mol. The standard InChI is InChI=1S/C13H23ClN6/c1-13(2)7-20(4-3-18-13)10-6-8(14)5-9(11(10)15)12(16)19-17/h5-6,12,18-19H,3-4,7,15-17H2,1-2H3. The lowest BCUT2D eigenvalue weighted by atomic mass is 10.0. The van der Waals surface area contributed by atoms with Gasteiger partial charge in [-0.05, 0) is 26.0 Å². The van der Waals surface area contributed by atoms with E-state index in [-0.39, 0.29) is 5.54 Å². The minimum atomic E-state index is -0.539. The number of hydrogen-bond donors (Lipinski definition) is 5. The zero-order valence-electron chi connectivity index (χ0n) is 11.9. The Balaban J connectivity index is 2.38. The van der Waals surface area contributed by atoms with Crippen LogP contribution in [0.4, 0.5) is 11.4 Å². The predicted molar refractivity (Wildman–Crippen MR) is 84.4 cm³/mol. The van der Waals surface area contributed by atoms with Gasteiger partial charge in [-0.2, -0.15) is 0 Å². The van der Waals surface area contributed by atoms with Gasteiger partial charge in [-0.3, -0.25) is 5.84 Å². The molecule has 0 radical (unpaired) electrons. The summed E-state index contributed by atoms with van der Waals surface area (Å²) in [6.07, 6.45) is -0.539. The van der Waals surface area contributed by atoms with Gasteiger partial charge in [-0.15, -0.1) is 0 Å². The van der Waals surface area contributed by atoms with E-state index in [9.17, 15) is 0 Å². The van der Waals surface area contributed by atoms with Crippen molar-refractivity contribution in [3.05, 3.63) is 22.7 Å². The highest BCUT2D eigenvalue weighted by molar-refractivity contribution is 6.31. The second-order valence-electron chi connectivity index (χ2n) is 5.80. The summed E-state index contributed by atoms with van der Waals surface area (Å²) < 4.78 is 0. The van der Waals surface area contributed by atoms with Gasteiger partial charge in [0.2, 0.25) is 0 Å². The topological polar surface area (TPSA) is 105 Å². The van der Waals surface area contributed by atoms with Gasteiger partial charge in [-0.25, -0.2) is 5.43 Å². The zero-order valence-corrected chi connectivity index (χ0v) is 12.7. The van der Waals surface area contributed by atoms with Gasteiger partial charge in [0, 0.05) is 35.8 Å². The maximum atomic E-state index is 6.25. The molecule has 0 bridgehead atoms. The number of halogens is 1. The van der Waals surface area contributed by atoms with Gasteiger partial charge >= 0.3 is 0 Å². The van der Waals surface area contributed by atoms with E-state index >= 15 is 0 Å². The van der Waals surface area contributed by atoms with Crippen LogP contribution in [0, 0.1) is 0 Å². The Morgan fingerprint density at radius 2 is 2.15 bits per heavy atom. The van der Waals surface area contributed by atoms with Crippen LogP contribution in [-0.4, -0.2) is 25.2 Å². The third-order valence-corrected chi connectivity index (χ3v) is 3.80. The van der Waals surface area contributed by atoms with Gasteiger partial charge in [0.25, 0.3) is 0 Å². The molecule has 0 aromatic heterocycles. The van der Waals surface area contributed by atoms with Crippen molar-refractivity contribution in [2.45, 2.75) is 25.6 Å². The molecule has 7 heteroatoms. The van der Waals surface area contributed by atoms with E-state index in [2.05, 4.69) is 29.5 Å². The maximum Gasteiger partial charge on any atom is 0.0957 e. The molecule has 112 valence electrons. The van der Waals surface area contributed by atoms with E-state index in [1.807, 2.05) is 6.07 Å². The van der Waals surface area contributed by atoms with Gasteiger partial charge in [0.15, 0.2) is 0 Å². The molecule has 6 nitrogen and oxygen atoms in total. The molecule has 0 aliphatic carbocycles. The Labute approximate surface area is 124 Å². The number of nitrogens with zero attached hydrogens (tertiary/aromatic N) is 1. The minimum Gasteiger partial charge on any atom is -0.397 e. The van der Waals surface area contributed by atoms with Crippen molar-refractivity contribution in [3.63, 3.8) is 0 Å². The number of nitrogens with two attached hydrogens (primary N) is 3. The summed E-state index contributed by atoms with van der Waals surface area (Å²) in [5, 5.41) is 4.07. The van der Waals surface area contributed by atoms with Crippen LogP contribution in [-0.2, 0) is 0 Å². The Hall–Kier alpha value is -1.05. The molecule has 8 N–H and O–H groups in total. The third kappa shape index (κ3) is 3.16. The van der Waals surface area contributed by atoms with Crippen molar-refractivity contribution in [1.82, 2.24) is 10.7 Å². The highest BCUT2D eigenvalue weighted by Gasteiger charge is 2.27. The highest BCUT2D eigenvalue weighted by atomic mass is 35.5. The van der Waals surface area contributed by atoms with Crippen LogP contribution >= 0.6 is 11.6 Å². The summed E-state index contributed by atoms with van der Waals surface area (Å²) in [5.74, 6) is 5.40. The molecular formula is C13H23ClN6. The average molecular weight is 299 g/mol. The molecular weight excluding hydrogens is 276 g/mol. The molecule has 1 saturated heterocycles. The van der Waals surface area contributed by atoms with Crippen molar-refractivity contribution >= 4 is 23.0 Å². The largest absolute Gasteiger partial charge is 0.397 e. The number of hydrogen-bond acceptors (Lipinski definition) is 6. The van der Waals surface area contributed by atoms with Gasteiger partial charge in [0.05, 0.1) is 17.5 Å². The first kappa shape index (κ1) is 15.3. The van der Waals surface area contributed by atoms with Crippen LogP contribution < -0.4 is 33.0 Å². The lowest BCUT2D eigenvalue weighted by Gasteiger charge is -2.41. The molecule has 1 aliphatic heterocycles. The molecule has 1 heterocycles. The van der Waals surface area contributed by atoms with Crippen LogP contribution in [0.1, 0.15) is 25.6 Å². The summed E-state index contributed by atoms with van der Waals surface area (Å²) in [7, 11) is 0. The number of piperazine rings is 1. The van der Waals surface area contributed by atoms with Crippen LogP contribution in [0.25, 0.3) is 0 Å². The van der Waals surface area contributed by atoms with Crippen molar-refractivity contribution in [2.75, 3.05) is 30.3 Å². The SMILES string of the molecule is CC1(C)CN(c2cc(Cl)cc(C(N)NN)c2N)CCN1. The van der Waals surface area contributed by atoms with E-state index in [4.69, 9.17) is 28.9 Å². The minimum absolute atomic E-state index is 0.0292. The van der Waals surface area contributed by atoms with E-state index in [1.54, 1.807) is 6.07 Å². The van der Waals surface area contributed by atoms with Gasteiger partial charge in [0.1, 0.15) is 0 Å². The van der Waals surface area contributed by atoms with Crippen molar-refractivity contribution < 1.29 is 0 Å². The van der Waals surface area contributed by atoms with Crippen molar-refractivity contribution in [3.8, 4) is 0 Å². The van der Waals surface area contributed by atoms with Crippen LogP contribution in [0.5, 0.6) is 0 Å². The number of nitrogens with one attached hydrogen (secondary N) is 2. The Morgan fingerprint density at radius 3 is 2.75 bits per heavy atom. The first-order chi connectivity index (χ1) is 9.34. The second kappa shape index (κ2) is 5.75. The van der Waals surface area contributed by atoms with Crippen molar-refractivity contribution in [1.29, 1.82) is 0 Å². The molecule has 0 spiro atoms. The normalized spacial score (nSPS) is 19.9. The zero-order chi connectivity index (χ0) is 14.9. The second-order valence-corrected chi connectivity index (χ2v) is 6.24. The lowest BCUT2D eigenvalue weighted by Crippen LogP contribution is -2.57. The van der Waals surface area contributed by atoms with E-state index in [0.717, 1.165) is 25.3 Å². The fourth-order valence-corrected chi connectivity index (χ4v) is 2.80. The molecule has 1 aliphatic rings. The molecule has 1 fully saturated rings. The fourth-order valence-electron chi connectivity index (χ4n) is 2.58. The molecule has 20 heavy (non-hydrogen) atoms. The van der Waals surface area contributed by atoms with Crippen LogP contribution in [0.2, 0.25) is 5.02 Å². The quantitative estimate of drug-likeness (QED) is 0.241. The first-order valence-corrected chi connectivity index (χ1v) is 7.02. The molecule has 0 amide bonds. The third-order valence-electron chi connectivity index (χ3n) is 3.58. The summed E-state index contributed by atoms with van der Waals surface area (Å²) in [5.41, 5.74) is 16.9. The summed E-state index contributed by atoms with van der Waals surface area (Å²) >= 11 is 6.19. The van der Waals surface area contributed by atoms with E-state index in [1.165, 1.54) is 0 Å². The number of benzene rings is 1. The average Bonchev–Trinajstić information content (AvgIpc) is 2.39. The van der Waals surface area contributed by atoms with Crippen LogP contribution in [0.3, 0.4) is 0 Å².